The van der Waals surface area contributed by atoms with E-state index in [2.05, 4.69) is 44.6 Å². The number of hydrogen-bond acceptors (Lipinski definition) is 5. The molecule has 2 N–H and O–H groups in total. The van der Waals surface area contributed by atoms with E-state index in [4.69, 9.17) is 0 Å². The van der Waals surface area contributed by atoms with Crippen molar-refractivity contribution < 1.29 is 0 Å². The zero-order valence-electron chi connectivity index (χ0n) is 13.2. The van der Waals surface area contributed by atoms with E-state index in [9.17, 15) is 0 Å². The third kappa shape index (κ3) is 4.26. The molecule has 0 saturated heterocycles. The quantitative estimate of drug-likeness (QED) is 0.750. The summed E-state index contributed by atoms with van der Waals surface area (Å²) in [7, 11) is 0. The molecule has 0 aliphatic rings. The van der Waals surface area contributed by atoms with E-state index in [1.165, 1.54) is 5.56 Å². The standard InChI is InChI=1S/C18H19N5/c1-13-5-3-7-16(9-13)22-18-21-14(2)10-17(23-18)20-12-15-6-4-8-19-11-15/h3-11H,12H2,1-2H3,(H2,20,21,22,23). The molecule has 0 bridgehead atoms. The van der Waals surface area contributed by atoms with Gasteiger partial charge in [-0.15, -0.1) is 0 Å². The highest BCUT2D eigenvalue weighted by Gasteiger charge is 2.03. The van der Waals surface area contributed by atoms with Crippen molar-refractivity contribution in [1.29, 1.82) is 0 Å². The van der Waals surface area contributed by atoms with Crippen LogP contribution in [0.25, 0.3) is 0 Å². The summed E-state index contributed by atoms with van der Waals surface area (Å²) < 4.78 is 0. The molecule has 116 valence electrons. The van der Waals surface area contributed by atoms with E-state index in [1.54, 1.807) is 6.20 Å². The minimum atomic E-state index is 0.587. The van der Waals surface area contributed by atoms with Crippen molar-refractivity contribution in [2.75, 3.05) is 10.6 Å². The first kappa shape index (κ1) is 15.0. The Bertz CT molecular complexity index is 786. The van der Waals surface area contributed by atoms with Gasteiger partial charge in [0, 0.05) is 36.4 Å². The van der Waals surface area contributed by atoms with Gasteiger partial charge >= 0.3 is 0 Å². The summed E-state index contributed by atoms with van der Waals surface area (Å²) in [6.07, 6.45) is 3.61. The molecular weight excluding hydrogens is 286 g/mol. The first-order valence-electron chi connectivity index (χ1n) is 7.51. The van der Waals surface area contributed by atoms with Crippen LogP contribution in [0.1, 0.15) is 16.8 Å². The van der Waals surface area contributed by atoms with Crippen LogP contribution in [0, 0.1) is 13.8 Å². The number of anilines is 3. The van der Waals surface area contributed by atoms with Gasteiger partial charge in [-0.1, -0.05) is 18.2 Å². The Labute approximate surface area is 135 Å². The third-order valence-electron chi connectivity index (χ3n) is 3.32. The zero-order chi connectivity index (χ0) is 16.1. The van der Waals surface area contributed by atoms with Crippen LogP contribution in [0.5, 0.6) is 0 Å². The van der Waals surface area contributed by atoms with Gasteiger partial charge in [-0.3, -0.25) is 4.98 Å². The van der Waals surface area contributed by atoms with Crippen molar-refractivity contribution in [2.45, 2.75) is 20.4 Å². The molecule has 2 aromatic heterocycles. The summed E-state index contributed by atoms with van der Waals surface area (Å²) in [4.78, 5) is 13.1. The van der Waals surface area contributed by atoms with E-state index >= 15 is 0 Å². The number of aryl methyl sites for hydroxylation is 2. The Morgan fingerprint density at radius 3 is 2.70 bits per heavy atom. The van der Waals surface area contributed by atoms with Crippen molar-refractivity contribution in [3.05, 3.63) is 71.7 Å². The van der Waals surface area contributed by atoms with E-state index in [1.807, 2.05) is 43.5 Å². The topological polar surface area (TPSA) is 62.7 Å². The van der Waals surface area contributed by atoms with E-state index in [0.29, 0.717) is 12.5 Å². The normalized spacial score (nSPS) is 10.3. The van der Waals surface area contributed by atoms with Crippen LogP contribution in [-0.4, -0.2) is 15.0 Å². The molecule has 0 unspecified atom stereocenters. The van der Waals surface area contributed by atoms with Crippen molar-refractivity contribution >= 4 is 17.5 Å². The van der Waals surface area contributed by atoms with E-state index in [0.717, 1.165) is 22.8 Å². The Morgan fingerprint density at radius 1 is 1.00 bits per heavy atom. The fourth-order valence-electron chi connectivity index (χ4n) is 2.26. The summed E-state index contributed by atoms with van der Waals surface area (Å²) >= 11 is 0. The van der Waals surface area contributed by atoms with Gasteiger partial charge in [0.15, 0.2) is 0 Å². The van der Waals surface area contributed by atoms with Crippen LogP contribution >= 0.6 is 0 Å². The SMILES string of the molecule is Cc1cccc(Nc2nc(C)cc(NCc3cccnc3)n2)c1. The van der Waals surface area contributed by atoms with Gasteiger partial charge in [0.1, 0.15) is 5.82 Å². The average molecular weight is 305 g/mol. The maximum Gasteiger partial charge on any atom is 0.229 e. The first-order chi connectivity index (χ1) is 11.2. The van der Waals surface area contributed by atoms with Crippen molar-refractivity contribution in [3.63, 3.8) is 0 Å². The van der Waals surface area contributed by atoms with Crippen LogP contribution in [0.4, 0.5) is 17.5 Å². The van der Waals surface area contributed by atoms with E-state index in [-0.39, 0.29) is 0 Å². The maximum absolute atomic E-state index is 4.52. The minimum absolute atomic E-state index is 0.587. The molecule has 5 heteroatoms. The fourth-order valence-corrected chi connectivity index (χ4v) is 2.26. The van der Waals surface area contributed by atoms with Gasteiger partial charge in [0.05, 0.1) is 0 Å². The van der Waals surface area contributed by atoms with Crippen molar-refractivity contribution in [3.8, 4) is 0 Å². The van der Waals surface area contributed by atoms with Gasteiger partial charge in [-0.05, 0) is 43.2 Å². The molecule has 1 aromatic carbocycles. The number of hydrogen-bond donors (Lipinski definition) is 2. The monoisotopic (exact) mass is 305 g/mol. The van der Waals surface area contributed by atoms with Crippen LogP contribution in [0.3, 0.4) is 0 Å². The van der Waals surface area contributed by atoms with Gasteiger partial charge in [-0.2, -0.15) is 4.98 Å². The number of nitrogens with one attached hydrogen (secondary N) is 2. The number of aromatic nitrogens is 3. The molecule has 0 amide bonds. The molecule has 23 heavy (non-hydrogen) atoms. The Balaban J connectivity index is 1.73. The minimum Gasteiger partial charge on any atom is -0.366 e. The Kier molecular flexibility index (Phi) is 4.47. The summed E-state index contributed by atoms with van der Waals surface area (Å²) in [5.74, 6) is 1.38. The average Bonchev–Trinajstić information content (AvgIpc) is 2.53. The van der Waals surface area contributed by atoms with Gasteiger partial charge in [0.2, 0.25) is 5.95 Å². The highest BCUT2D eigenvalue weighted by molar-refractivity contribution is 5.56. The lowest BCUT2D eigenvalue weighted by atomic mass is 10.2. The Morgan fingerprint density at radius 2 is 1.91 bits per heavy atom. The molecule has 0 aliphatic carbocycles. The van der Waals surface area contributed by atoms with Crippen LogP contribution in [0.2, 0.25) is 0 Å². The predicted octanol–water partition coefficient (Wildman–Crippen LogP) is 3.84. The highest BCUT2D eigenvalue weighted by Crippen LogP contribution is 2.17. The predicted molar refractivity (Wildman–Crippen MR) is 92.8 cm³/mol. The van der Waals surface area contributed by atoms with Crippen molar-refractivity contribution in [1.82, 2.24) is 15.0 Å². The Hall–Kier alpha value is -2.95. The molecular formula is C18H19N5. The van der Waals surface area contributed by atoms with Gasteiger partial charge < -0.3 is 10.6 Å². The first-order valence-corrected chi connectivity index (χ1v) is 7.51. The number of benzene rings is 1. The summed E-state index contributed by atoms with van der Waals surface area (Å²) in [6.45, 7) is 4.69. The molecule has 2 heterocycles. The largest absolute Gasteiger partial charge is 0.366 e. The second-order valence-corrected chi connectivity index (χ2v) is 5.43. The molecule has 0 aliphatic heterocycles. The molecule has 3 aromatic rings. The number of rotatable bonds is 5. The summed E-state index contributed by atoms with van der Waals surface area (Å²) in [6, 6.07) is 14.0. The number of pyridine rings is 1. The molecule has 0 fully saturated rings. The summed E-state index contributed by atoms with van der Waals surface area (Å²) in [5.41, 5.74) is 4.19. The molecule has 3 rings (SSSR count). The second kappa shape index (κ2) is 6.87. The van der Waals surface area contributed by atoms with E-state index < -0.39 is 0 Å². The lowest BCUT2D eigenvalue weighted by Gasteiger charge is -2.10. The lowest BCUT2D eigenvalue weighted by molar-refractivity contribution is 1.05. The smallest absolute Gasteiger partial charge is 0.229 e. The third-order valence-corrected chi connectivity index (χ3v) is 3.32. The molecule has 5 nitrogen and oxygen atoms in total. The van der Waals surface area contributed by atoms with Crippen LogP contribution in [-0.2, 0) is 6.54 Å². The number of nitrogens with zero attached hydrogens (tertiary/aromatic N) is 3. The molecule has 0 atom stereocenters. The zero-order valence-corrected chi connectivity index (χ0v) is 13.2. The molecule has 0 spiro atoms. The maximum atomic E-state index is 4.52. The fraction of sp³-hybridized carbons (Fsp3) is 0.167. The molecule has 0 radical (unpaired) electrons. The van der Waals surface area contributed by atoms with Gasteiger partial charge in [0.25, 0.3) is 0 Å². The van der Waals surface area contributed by atoms with Gasteiger partial charge in [-0.25, -0.2) is 4.98 Å². The van der Waals surface area contributed by atoms with Crippen LogP contribution < -0.4 is 10.6 Å². The lowest BCUT2D eigenvalue weighted by Crippen LogP contribution is -2.05. The van der Waals surface area contributed by atoms with Crippen LogP contribution in [0.15, 0.2) is 54.9 Å². The second-order valence-electron chi connectivity index (χ2n) is 5.43. The molecule has 0 saturated carbocycles. The summed E-state index contributed by atoms with van der Waals surface area (Å²) in [5, 5.41) is 6.56. The van der Waals surface area contributed by atoms with Crippen molar-refractivity contribution in [2.24, 2.45) is 0 Å². The highest BCUT2D eigenvalue weighted by atomic mass is 15.1.